The number of fused-ring (bicyclic) bond motifs is 5. The lowest BCUT2D eigenvalue weighted by Gasteiger charge is -2.50. The van der Waals surface area contributed by atoms with Crippen LogP contribution in [0.15, 0.2) is 28.5 Å². The Hall–Kier alpha value is -1.68. The van der Waals surface area contributed by atoms with E-state index < -0.39 is 24.3 Å². The van der Waals surface area contributed by atoms with Crippen LogP contribution in [0.25, 0.3) is 0 Å². The molecule has 3 aliphatic rings. The van der Waals surface area contributed by atoms with Crippen molar-refractivity contribution >= 4 is 35.6 Å². The highest BCUT2D eigenvalue weighted by molar-refractivity contribution is 7.91. The summed E-state index contributed by atoms with van der Waals surface area (Å²) in [6, 6.07) is 8.22. The molecule has 0 bridgehead atoms. The predicted molar refractivity (Wildman–Crippen MR) is 163 cm³/mol. The third-order valence-corrected chi connectivity index (χ3v) is 17.7. The molecule has 3 unspecified atom stereocenters. The molecule has 3 aliphatic carbocycles. The zero-order valence-corrected chi connectivity index (χ0v) is 27.6. The molecule has 0 saturated heterocycles. The quantitative estimate of drug-likeness (QED) is 0.274. The number of primary sulfonamides is 1. The number of benzene rings is 1. The van der Waals surface area contributed by atoms with Crippen LogP contribution in [0.2, 0.25) is 18.1 Å². The van der Waals surface area contributed by atoms with Gasteiger partial charge in [0, 0.05) is 10.3 Å². The van der Waals surface area contributed by atoms with Gasteiger partial charge in [-0.3, -0.25) is 0 Å². The molecule has 0 spiro atoms. The van der Waals surface area contributed by atoms with E-state index in [0.717, 1.165) is 55.6 Å². The maximum atomic E-state index is 13.3. The highest BCUT2D eigenvalue weighted by atomic mass is 32.2. The number of carbonyl (C=O) groups is 1. The number of esters is 1. The monoisotopic (exact) mass is 603 g/mol. The van der Waals surface area contributed by atoms with Crippen LogP contribution < -0.4 is 9.56 Å². The molecular weight excluding hydrogens is 559 g/mol. The van der Waals surface area contributed by atoms with Crippen LogP contribution in [-0.2, 0) is 27.6 Å². The van der Waals surface area contributed by atoms with Crippen LogP contribution >= 0.6 is 11.3 Å². The molecule has 1 aromatic heterocycles. The van der Waals surface area contributed by atoms with Gasteiger partial charge in [-0.1, -0.05) is 40.7 Å². The maximum absolute atomic E-state index is 13.3. The third-order valence-electron chi connectivity index (χ3n) is 10.6. The van der Waals surface area contributed by atoms with E-state index >= 15 is 0 Å². The molecule has 6 nitrogen and oxygen atoms in total. The Bertz CT molecular complexity index is 1410. The van der Waals surface area contributed by atoms with Gasteiger partial charge in [0.15, 0.2) is 0 Å². The van der Waals surface area contributed by atoms with Gasteiger partial charge in [0.25, 0.3) is 0 Å². The zero-order valence-electron chi connectivity index (χ0n) is 25.0. The zero-order chi connectivity index (χ0) is 29.3. The van der Waals surface area contributed by atoms with Gasteiger partial charge in [0.1, 0.15) is 16.1 Å². The van der Waals surface area contributed by atoms with Gasteiger partial charge in [0.05, 0.1) is 5.56 Å². The van der Waals surface area contributed by atoms with Crippen LogP contribution in [0.3, 0.4) is 0 Å². The SMILES string of the molecule is CCc1sc(S(N)(=O)=O)cc1C(=O)O[C@H]1CCC2C3CCc4cc(O[Si](C)(C)C(C)(C)C)ccc4C3CC[C@@]21C. The van der Waals surface area contributed by atoms with Gasteiger partial charge in [-0.05, 0) is 110 Å². The fraction of sp³-hybridized carbons (Fsp3) is 0.645. The summed E-state index contributed by atoms with van der Waals surface area (Å²) in [7, 11) is -5.75. The summed E-state index contributed by atoms with van der Waals surface area (Å²) >= 11 is 1.07. The number of hydrogen-bond acceptors (Lipinski definition) is 6. The van der Waals surface area contributed by atoms with E-state index in [9.17, 15) is 13.2 Å². The van der Waals surface area contributed by atoms with E-state index in [1.165, 1.54) is 17.2 Å². The van der Waals surface area contributed by atoms with Crippen LogP contribution in [-0.4, -0.2) is 28.8 Å². The number of aryl methyl sites for hydroxylation is 2. The summed E-state index contributed by atoms with van der Waals surface area (Å²) < 4.78 is 36.6. The van der Waals surface area contributed by atoms with E-state index in [1.807, 2.05) is 6.92 Å². The first-order valence-corrected chi connectivity index (χ1v) is 20.0. The van der Waals surface area contributed by atoms with Crippen LogP contribution in [0, 0.1) is 17.3 Å². The number of nitrogens with two attached hydrogens (primary N) is 1. The van der Waals surface area contributed by atoms with Gasteiger partial charge in [0.2, 0.25) is 18.3 Å². The van der Waals surface area contributed by atoms with E-state index in [2.05, 4.69) is 59.0 Å². The second-order valence-electron chi connectivity index (χ2n) is 14.0. The summed E-state index contributed by atoms with van der Waals surface area (Å²) in [6.07, 6.45) is 6.65. The molecule has 2 aromatic rings. The first-order chi connectivity index (χ1) is 18.5. The smallest absolute Gasteiger partial charge is 0.339 e. The van der Waals surface area contributed by atoms with Crippen LogP contribution in [0.1, 0.15) is 99.0 Å². The normalized spacial score (nSPS) is 28.4. The van der Waals surface area contributed by atoms with Crippen LogP contribution in [0.4, 0.5) is 0 Å². The molecule has 9 heteroatoms. The Morgan fingerprint density at radius 3 is 2.52 bits per heavy atom. The fourth-order valence-corrected chi connectivity index (χ4v) is 10.3. The van der Waals surface area contributed by atoms with Gasteiger partial charge in [-0.2, -0.15) is 0 Å². The van der Waals surface area contributed by atoms with Crippen molar-refractivity contribution in [2.24, 2.45) is 22.4 Å². The van der Waals surface area contributed by atoms with Crippen molar-refractivity contribution in [3.05, 3.63) is 45.8 Å². The molecule has 220 valence electrons. The summed E-state index contributed by atoms with van der Waals surface area (Å²) in [5.74, 6) is 2.24. The Labute approximate surface area is 245 Å². The number of carbonyl (C=O) groups excluding carboxylic acids is 1. The van der Waals surface area contributed by atoms with Crippen molar-refractivity contribution < 1.29 is 22.4 Å². The average Bonchev–Trinajstić information content (AvgIpc) is 3.44. The Balaban J connectivity index is 1.32. The second-order valence-corrected chi connectivity index (χ2v) is 21.6. The number of thiophene rings is 1. The van der Waals surface area contributed by atoms with E-state index in [-0.39, 0.29) is 20.8 Å². The second kappa shape index (κ2) is 10.2. The number of hydrogen-bond donors (Lipinski definition) is 1. The Kier molecular flexibility index (Phi) is 7.63. The van der Waals surface area contributed by atoms with Crippen molar-refractivity contribution in [1.29, 1.82) is 0 Å². The standard InChI is InChI=1S/C31H45NO5S2Si/c1-8-26-24(18-28(38-26)39(32,34)35)29(33)36-27-14-13-25-23-11-9-19-17-20(37-40(6,7)30(2,3)4)10-12-21(19)22(23)15-16-31(25,27)5/h10,12,17-18,22-23,25,27H,8-9,11,13-16H2,1-7H3,(H2,32,34,35)/t22?,23?,25?,27-,31-/m0/s1. The molecule has 2 N–H and O–H groups in total. The number of rotatable bonds is 6. The molecule has 0 radical (unpaired) electrons. The number of sulfonamides is 1. The fourth-order valence-electron chi connectivity index (χ4n) is 7.39. The van der Waals surface area contributed by atoms with Crippen molar-refractivity contribution in [2.45, 2.75) is 114 Å². The minimum atomic E-state index is -3.86. The Morgan fingerprint density at radius 2 is 1.88 bits per heavy atom. The minimum Gasteiger partial charge on any atom is -0.543 e. The molecular formula is C31H45NO5S2Si. The third kappa shape index (κ3) is 5.20. The minimum absolute atomic E-state index is 0.0195. The highest BCUT2D eigenvalue weighted by Gasteiger charge is 2.56. The van der Waals surface area contributed by atoms with Crippen molar-refractivity contribution in [1.82, 2.24) is 0 Å². The lowest BCUT2D eigenvalue weighted by molar-refractivity contribution is -0.0428. The Morgan fingerprint density at radius 1 is 1.15 bits per heavy atom. The maximum Gasteiger partial charge on any atom is 0.339 e. The van der Waals surface area contributed by atoms with Gasteiger partial charge in [-0.15, -0.1) is 11.3 Å². The first kappa shape index (κ1) is 29.8. The van der Waals surface area contributed by atoms with Crippen molar-refractivity contribution in [2.75, 3.05) is 0 Å². The predicted octanol–water partition coefficient (Wildman–Crippen LogP) is 7.42. The van der Waals surface area contributed by atoms with Gasteiger partial charge >= 0.3 is 5.97 Å². The highest BCUT2D eigenvalue weighted by Crippen LogP contribution is 2.61. The first-order valence-electron chi connectivity index (χ1n) is 14.7. The van der Waals surface area contributed by atoms with E-state index in [0.29, 0.717) is 34.6 Å². The van der Waals surface area contributed by atoms with Crippen molar-refractivity contribution in [3.63, 3.8) is 0 Å². The summed E-state index contributed by atoms with van der Waals surface area (Å²) in [5, 5.41) is 5.50. The molecule has 0 aliphatic heterocycles. The molecule has 5 rings (SSSR count). The molecule has 2 fully saturated rings. The van der Waals surface area contributed by atoms with Crippen LogP contribution in [0.5, 0.6) is 5.75 Å². The molecule has 1 aromatic carbocycles. The van der Waals surface area contributed by atoms with Gasteiger partial charge in [-0.25, -0.2) is 18.4 Å². The molecule has 2 saturated carbocycles. The summed E-state index contributed by atoms with van der Waals surface area (Å²) in [6.45, 7) is 15.7. The van der Waals surface area contributed by atoms with Crippen molar-refractivity contribution in [3.8, 4) is 5.75 Å². The number of ether oxygens (including phenoxy) is 1. The van der Waals surface area contributed by atoms with Gasteiger partial charge < -0.3 is 9.16 Å². The molecule has 1 heterocycles. The lowest BCUT2D eigenvalue weighted by Crippen LogP contribution is -2.45. The summed E-state index contributed by atoms with van der Waals surface area (Å²) in [5.41, 5.74) is 3.21. The lowest BCUT2D eigenvalue weighted by atomic mass is 9.55. The summed E-state index contributed by atoms with van der Waals surface area (Å²) in [4.78, 5) is 14.0. The van der Waals surface area contributed by atoms with E-state index in [1.54, 1.807) is 0 Å². The molecule has 5 atom stereocenters. The van der Waals surface area contributed by atoms with E-state index in [4.69, 9.17) is 14.3 Å². The molecule has 40 heavy (non-hydrogen) atoms. The topological polar surface area (TPSA) is 95.7 Å². The average molecular weight is 604 g/mol. The molecule has 0 amide bonds. The largest absolute Gasteiger partial charge is 0.543 e.